The highest BCUT2D eigenvalue weighted by atomic mass is 16.5. The molecule has 0 fully saturated rings. The first-order valence-corrected chi connectivity index (χ1v) is 8.12. The van der Waals surface area contributed by atoms with E-state index in [1.165, 1.54) is 0 Å². The van der Waals surface area contributed by atoms with Gasteiger partial charge in [0.15, 0.2) is 0 Å². The number of hydrogen-bond donors (Lipinski definition) is 1. The van der Waals surface area contributed by atoms with Crippen molar-refractivity contribution < 1.29 is 14.3 Å². The van der Waals surface area contributed by atoms with E-state index < -0.39 is 0 Å². The summed E-state index contributed by atoms with van der Waals surface area (Å²) in [5.41, 5.74) is 2.72. The van der Waals surface area contributed by atoms with E-state index in [0.717, 1.165) is 28.4 Å². The summed E-state index contributed by atoms with van der Waals surface area (Å²) in [6, 6.07) is 11.3. The van der Waals surface area contributed by atoms with Gasteiger partial charge < -0.3 is 19.2 Å². The van der Waals surface area contributed by atoms with E-state index in [4.69, 9.17) is 9.47 Å². The van der Waals surface area contributed by atoms with Crippen LogP contribution in [0.25, 0.3) is 5.65 Å². The first-order valence-electron chi connectivity index (χ1n) is 8.12. The molecular weight excluding hydrogens is 318 g/mol. The fourth-order valence-electron chi connectivity index (χ4n) is 2.55. The number of ether oxygens (including phenoxy) is 2. The second-order valence-electron chi connectivity index (χ2n) is 5.71. The van der Waals surface area contributed by atoms with Crippen LogP contribution in [0.3, 0.4) is 0 Å². The highest BCUT2D eigenvalue weighted by molar-refractivity contribution is 5.78. The van der Waals surface area contributed by atoms with Gasteiger partial charge in [-0.2, -0.15) is 0 Å². The van der Waals surface area contributed by atoms with Crippen LogP contribution in [0.4, 0.5) is 0 Å². The number of nitrogens with one attached hydrogen (secondary N) is 1. The third-order valence-electron chi connectivity index (χ3n) is 3.82. The molecule has 1 aromatic carbocycles. The van der Waals surface area contributed by atoms with E-state index in [0.29, 0.717) is 13.2 Å². The van der Waals surface area contributed by atoms with Crippen LogP contribution in [0.15, 0.2) is 48.8 Å². The zero-order chi connectivity index (χ0) is 17.6. The summed E-state index contributed by atoms with van der Waals surface area (Å²) in [6.45, 7) is 2.85. The molecule has 2 aromatic heterocycles. The van der Waals surface area contributed by atoms with Crippen LogP contribution in [0.1, 0.15) is 11.3 Å². The summed E-state index contributed by atoms with van der Waals surface area (Å²) < 4.78 is 12.6. The van der Waals surface area contributed by atoms with Crippen LogP contribution in [0.2, 0.25) is 0 Å². The molecule has 6 nitrogen and oxygen atoms in total. The lowest BCUT2D eigenvalue weighted by Crippen LogP contribution is -2.29. The molecule has 0 unspecified atom stereocenters. The Hall–Kier alpha value is -3.02. The number of pyridine rings is 1. The quantitative estimate of drug-likeness (QED) is 0.671. The van der Waals surface area contributed by atoms with E-state index in [1.54, 1.807) is 7.11 Å². The van der Waals surface area contributed by atoms with Crippen molar-refractivity contribution in [1.29, 1.82) is 0 Å². The summed E-state index contributed by atoms with van der Waals surface area (Å²) in [5, 5.41) is 2.85. The van der Waals surface area contributed by atoms with Gasteiger partial charge in [-0.05, 0) is 42.8 Å². The fraction of sp³-hybridized carbons (Fsp3) is 0.263. The SMILES string of the molecule is COc1ccc(OCCNC(=O)Cc2cn3cccc(C)c3n2)cc1. The van der Waals surface area contributed by atoms with Crippen molar-refractivity contribution in [1.82, 2.24) is 14.7 Å². The first-order chi connectivity index (χ1) is 12.2. The Kier molecular flexibility index (Phi) is 5.18. The first kappa shape index (κ1) is 16.8. The number of hydrogen-bond acceptors (Lipinski definition) is 4. The summed E-state index contributed by atoms with van der Waals surface area (Å²) >= 11 is 0. The monoisotopic (exact) mass is 339 g/mol. The number of methoxy groups -OCH3 is 1. The Bertz CT molecular complexity index is 856. The molecule has 0 aliphatic heterocycles. The smallest absolute Gasteiger partial charge is 0.226 e. The molecule has 3 aromatic rings. The predicted octanol–water partition coefficient (Wildman–Crippen LogP) is 2.39. The number of nitrogens with zero attached hydrogens (tertiary/aromatic N) is 2. The highest BCUT2D eigenvalue weighted by Crippen LogP contribution is 2.16. The second-order valence-corrected chi connectivity index (χ2v) is 5.71. The number of benzene rings is 1. The molecule has 25 heavy (non-hydrogen) atoms. The lowest BCUT2D eigenvalue weighted by atomic mass is 10.3. The maximum absolute atomic E-state index is 12.0. The minimum atomic E-state index is -0.0700. The van der Waals surface area contributed by atoms with E-state index in [2.05, 4.69) is 10.3 Å². The van der Waals surface area contributed by atoms with Crippen molar-refractivity contribution in [2.75, 3.05) is 20.3 Å². The molecule has 0 bridgehead atoms. The summed E-state index contributed by atoms with van der Waals surface area (Å²) in [5.74, 6) is 1.45. The zero-order valence-electron chi connectivity index (χ0n) is 14.4. The van der Waals surface area contributed by atoms with Crippen molar-refractivity contribution >= 4 is 11.6 Å². The van der Waals surface area contributed by atoms with Gasteiger partial charge in [0.25, 0.3) is 0 Å². The Balaban J connectivity index is 1.45. The standard InChI is InChI=1S/C19H21N3O3/c1-14-4-3-10-22-13-15(21-19(14)22)12-18(23)20-9-11-25-17-7-5-16(24-2)6-8-17/h3-8,10,13H,9,11-12H2,1-2H3,(H,20,23). The lowest BCUT2D eigenvalue weighted by Gasteiger charge is -2.08. The van der Waals surface area contributed by atoms with Gasteiger partial charge in [0.1, 0.15) is 23.8 Å². The highest BCUT2D eigenvalue weighted by Gasteiger charge is 2.08. The van der Waals surface area contributed by atoms with E-state index in [-0.39, 0.29) is 12.3 Å². The van der Waals surface area contributed by atoms with Gasteiger partial charge in [0.2, 0.25) is 5.91 Å². The summed E-state index contributed by atoms with van der Waals surface area (Å²) in [7, 11) is 1.62. The third-order valence-corrected chi connectivity index (χ3v) is 3.82. The minimum absolute atomic E-state index is 0.0700. The fourth-order valence-corrected chi connectivity index (χ4v) is 2.55. The summed E-state index contributed by atoms with van der Waals surface area (Å²) in [4.78, 5) is 16.5. The van der Waals surface area contributed by atoms with Crippen LogP contribution >= 0.6 is 0 Å². The van der Waals surface area contributed by atoms with Crippen LogP contribution in [-0.2, 0) is 11.2 Å². The van der Waals surface area contributed by atoms with Gasteiger partial charge in [0, 0.05) is 12.4 Å². The van der Waals surface area contributed by atoms with Gasteiger partial charge in [-0.15, -0.1) is 0 Å². The lowest BCUT2D eigenvalue weighted by molar-refractivity contribution is -0.120. The topological polar surface area (TPSA) is 64.9 Å². The molecule has 130 valence electrons. The number of carbonyl (C=O) groups excluding carboxylic acids is 1. The normalized spacial score (nSPS) is 10.6. The number of fused-ring (bicyclic) bond motifs is 1. The number of aryl methyl sites for hydroxylation is 1. The predicted molar refractivity (Wildman–Crippen MR) is 95.1 cm³/mol. The molecule has 2 heterocycles. The van der Waals surface area contributed by atoms with E-state index in [9.17, 15) is 4.79 Å². The molecule has 3 rings (SSSR count). The van der Waals surface area contributed by atoms with Crippen molar-refractivity contribution in [3.8, 4) is 11.5 Å². The van der Waals surface area contributed by atoms with E-state index >= 15 is 0 Å². The third kappa shape index (κ3) is 4.29. The van der Waals surface area contributed by atoms with Gasteiger partial charge in [-0.3, -0.25) is 4.79 Å². The van der Waals surface area contributed by atoms with Gasteiger partial charge in [-0.1, -0.05) is 6.07 Å². The zero-order valence-corrected chi connectivity index (χ0v) is 14.4. The Morgan fingerprint density at radius 3 is 2.68 bits per heavy atom. The maximum atomic E-state index is 12.0. The second kappa shape index (κ2) is 7.70. The number of aromatic nitrogens is 2. The van der Waals surface area contributed by atoms with Gasteiger partial charge >= 0.3 is 0 Å². The van der Waals surface area contributed by atoms with Crippen molar-refractivity contribution in [2.24, 2.45) is 0 Å². The minimum Gasteiger partial charge on any atom is -0.497 e. The van der Waals surface area contributed by atoms with Gasteiger partial charge in [-0.25, -0.2) is 4.98 Å². The Morgan fingerprint density at radius 1 is 1.20 bits per heavy atom. The van der Waals surface area contributed by atoms with E-state index in [1.807, 2.05) is 60.1 Å². The van der Waals surface area contributed by atoms with Crippen LogP contribution in [0.5, 0.6) is 11.5 Å². The van der Waals surface area contributed by atoms with Crippen LogP contribution in [-0.4, -0.2) is 35.6 Å². The molecular formula is C19H21N3O3. The molecule has 0 radical (unpaired) electrons. The molecule has 0 saturated heterocycles. The molecule has 6 heteroatoms. The van der Waals surface area contributed by atoms with Crippen molar-refractivity contribution in [3.63, 3.8) is 0 Å². The molecule has 0 aliphatic carbocycles. The number of imidazole rings is 1. The molecule has 1 N–H and O–H groups in total. The number of carbonyl (C=O) groups is 1. The molecule has 0 saturated carbocycles. The molecule has 0 spiro atoms. The Morgan fingerprint density at radius 2 is 1.96 bits per heavy atom. The molecule has 0 aliphatic rings. The number of amides is 1. The van der Waals surface area contributed by atoms with Crippen molar-refractivity contribution in [3.05, 3.63) is 60.0 Å². The number of rotatable bonds is 7. The van der Waals surface area contributed by atoms with Crippen molar-refractivity contribution in [2.45, 2.75) is 13.3 Å². The average Bonchev–Trinajstić information content (AvgIpc) is 3.03. The van der Waals surface area contributed by atoms with Crippen LogP contribution < -0.4 is 14.8 Å². The van der Waals surface area contributed by atoms with Crippen LogP contribution in [0, 0.1) is 6.92 Å². The molecule has 0 atom stereocenters. The Labute approximate surface area is 146 Å². The average molecular weight is 339 g/mol. The molecule has 1 amide bonds. The maximum Gasteiger partial charge on any atom is 0.226 e. The summed E-state index contributed by atoms with van der Waals surface area (Å²) in [6.07, 6.45) is 4.07. The van der Waals surface area contributed by atoms with Gasteiger partial charge in [0.05, 0.1) is 25.8 Å². The largest absolute Gasteiger partial charge is 0.497 e.